The summed E-state index contributed by atoms with van der Waals surface area (Å²) in [4.78, 5) is 17.1. The number of nitrogens with one attached hydrogen (secondary N) is 1. The lowest BCUT2D eigenvalue weighted by atomic mass is 10.1. The van der Waals surface area contributed by atoms with Crippen molar-refractivity contribution >= 4 is 36.4 Å². The van der Waals surface area contributed by atoms with Gasteiger partial charge in [0.05, 0.1) is 18.4 Å². The Morgan fingerprint density at radius 1 is 1.30 bits per heavy atom. The minimum absolute atomic E-state index is 0. The highest BCUT2D eigenvalue weighted by Gasteiger charge is 2.30. The molecule has 0 radical (unpaired) electrons. The molecule has 1 aromatic heterocycles. The molecule has 2 aromatic rings. The quantitative estimate of drug-likeness (QED) is 0.835. The molecule has 2 aliphatic heterocycles. The first-order chi connectivity index (χ1) is 12.1. The number of halogens is 2. The van der Waals surface area contributed by atoms with E-state index in [1.807, 2.05) is 18.0 Å². The first-order valence-corrected chi connectivity index (χ1v) is 9.04. The summed E-state index contributed by atoms with van der Waals surface area (Å²) in [6.07, 6.45) is 3.68. The van der Waals surface area contributed by atoms with Crippen molar-refractivity contribution in [2.45, 2.75) is 38.4 Å². The van der Waals surface area contributed by atoms with Crippen molar-refractivity contribution in [1.29, 1.82) is 0 Å². The minimum atomic E-state index is 0. The lowest BCUT2D eigenvalue weighted by Gasteiger charge is -2.26. The van der Waals surface area contributed by atoms with E-state index in [1.165, 1.54) is 11.3 Å². The number of anilines is 1. The second kappa shape index (κ2) is 9.00. The average Bonchev–Trinajstić information content (AvgIpc) is 3.35. The number of hydrogen-bond donors (Lipinski definition) is 1. The van der Waals surface area contributed by atoms with Gasteiger partial charge >= 0.3 is 0 Å². The summed E-state index contributed by atoms with van der Waals surface area (Å²) in [6, 6.07) is 11.0. The van der Waals surface area contributed by atoms with Gasteiger partial charge in [0.25, 0.3) is 5.91 Å². The number of fused-ring (bicyclic) bond motifs is 1. The normalized spacial score (nSPS) is 20.6. The van der Waals surface area contributed by atoms with Gasteiger partial charge in [-0.15, -0.1) is 24.8 Å². The number of nitrogens with zero attached hydrogens (tertiary/aromatic N) is 2. The summed E-state index contributed by atoms with van der Waals surface area (Å²) in [5.41, 5.74) is 3.30. The second-order valence-corrected chi connectivity index (χ2v) is 7.13. The number of furan rings is 1. The molecule has 27 heavy (non-hydrogen) atoms. The van der Waals surface area contributed by atoms with Gasteiger partial charge in [0.2, 0.25) is 0 Å². The van der Waals surface area contributed by atoms with Gasteiger partial charge in [-0.25, -0.2) is 0 Å². The Morgan fingerprint density at radius 3 is 2.81 bits per heavy atom. The van der Waals surface area contributed by atoms with Crippen LogP contribution < -0.4 is 10.2 Å². The molecule has 4 rings (SSSR count). The lowest BCUT2D eigenvalue weighted by Crippen LogP contribution is -2.39. The topological polar surface area (TPSA) is 48.7 Å². The zero-order valence-corrected chi connectivity index (χ0v) is 17.3. The number of amides is 1. The Morgan fingerprint density at radius 2 is 2.07 bits per heavy atom. The van der Waals surface area contributed by atoms with E-state index in [2.05, 4.69) is 41.4 Å². The number of benzene rings is 1. The molecule has 2 atom stereocenters. The van der Waals surface area contributed by atoms with Gasteiger partial charge in [-0.3, -0.25) is 4.79 Å². The highest BCUT2D eigenvalue weighted by molar-refractivity contribution is 5.95. The molecule has 1 fully saturated rings. The number of para-hydroxylation sites is 1. The lowest BCUT2D eigenvalue weighted by molar-refractivity contribution is 0.0741. The van der Waals surface area contributed by atoms with Crippen LogP contribution in [-0.2, 0) is 13.0 Å². The van der Waals surface area contributed by atoms with Gasteiger partial charge in [-0.05, 0) is 44.0 Å². The summed E-state index contributed by atoms with van der Waals surface area (Å²) in [6.45, 7) is 4.69. The first kappa shape index (κ1) is 21.6. The van der Waals surface area contributed by atoms with Gasteiger partial charge in [-0.2, -0.15) is 0 Å². The van der Waals surface area contributed by atoms with Gasteiger partial charge in [0.1, 0.15) is 5.76 Å². The van der Waals surface area contributed by atoms with E-state index in [1.54, 1.807) is 6.26 Å². The Labute approximate surface area is 172 Å². The van der Waals surface area contributed by atoms with Crippen LogP contribution in [0.25, 0.3) is 0 Å². The fraction of sp³-hybridized carbons (Fsp3) is 0.450. The molecule has 1 saturated heterocycles. The third-order valence-corrected chi connectivity index (χ3v) is 5.54. The van der Waals surface area contributed by atoms with Crippen molar-refractivity contribution in [3.63, 3.8) is 0 Å². The van der Waals surface area contributed by atoms with Crippen LogP contribution in [0.15, 0.2) is 41.0 Å². The van der Waals surface area contributed by atoms with Crippen molar-refractivity contribution in [2.24, 2.45) is 0 Å². The maximum atomic E-state index is 12.9. The van der Waals surface area contributed by atoms with Crippen molar-refractivity contribution in [2.75, 3.05) is 25.0 Å². The molecule has 3 heterocycles. The second-order valence-electron chi connectivity index (χ2n) is 7.13. The smallest absolute Gasteiger partial charge is 0.257 e. The van der Waals surface area contributed by atoms with Gasteiger partial charge in [0, 0.05) is 31.4 Å². The largest absolute Gasteiger partial charge is 0.467 e. The van der Waals surface area contributed by atoms with Crippen LogP contribution in [0.5, 0.6) is 0 Å². The Hall–Kier alpha value is -1.69. The maximum Gasteiger partial charge on any atom is 0.257 e. The number of hydrogen-bond acceptors (Lipinski definition) is 4. The van der Waals surface area contributed by atoms with E-state index in [-0.39, 0.29) is 36.8 Å². The van der Waals surface area contributed by atoms with E-state index < -0.39 is 0 Å². The van der Waals surface area contributed by atoms with Crippen molar-refractivity contribution in [3.8, 4) is 0 Å². The van der Waals surface area contributed by atoms with E-state index in [0.717, 1.165) is 31.7 Å². The van der Waals surface area contributed by atoms with Crippen molar-refractivity contribution in [3.05, 3.63) is 53.5 Å². The van der Waals surface area contributed by atoms with Crippen LogP contribution in [0.4, 0.5) is 5.69 Å². The number of carbonyl (C=O) groups excluding carboxylic acids is 1. The van der Waals surface area contributed by atoms with Crippen LogP contribution in [0.2, 0.25) is 0 Å². The third kappa shape index (κ3) is 4.10. The van der Waals surface area contributed by atoms with Crippen LogP contribution in [0, 0.1) is 0 Å². The molecule has 148 valence electrons. The van der Waals surface area contributed by atoms with Gasteiger partial charge in [0.15, 0.2) is 0 Å². The molecule has 0 bridgehead atoms. The number of likely N-dealkylation sites (N-methyl/N-ethyl adjacent to an activating group) is 1. The molecule has 2 aliphatic rings. The molecular weight excluding hydrogens is 385 g/mol. The van der Waals surface area contributed by atoms with Crippen LogP contribution >= 0.6 is 24.8 Å². The van der Waals surface area contributed by atoms with Gasteiger partial charge in [-0.1, -0.05) is 18.2 Å². The number of rotatable bonds is 4. The highest BCUT2D eigenvalue weighted by atomic mass is 35.5. The predicted molar refractivity (Wildman–Crippen MR) is 112 cm³/mol. The Balaban J connectivity index is 0.00000131. The zero-order chi connectivity index (χ0) is 17.4. The zero-order valence-electron chi connectivity index (χ0n) is 15.7. The SMILES string of the molecule is CC1Cc2ccccc2N1Cc1occc1C(=O)N(C)C1CCNC1.Cl.Cl. The van der Waals surface area contributed by atoms with Crippen molar-refractivity contribution in [1.82, 2.24) is 10.2 Å². The molecule has 5 nitrogen and oxygen atoms in total. The molecule has 1 amide bonds. The third-order valence-electron chi connectivity index (χ3n) is 5.54. The number of carbonyl (C=O) groups is 1. The summed E-state index contributed by atoms with van der Waals surface area (Å²) >= 11 is 0. The molecule has 0 aliphatic carbocycles. The molecule has 1 N–H and O–H groups in total. The molecule has 0 saturated carbocycles. The molecule has 0 spiro atoms. The van der Waals surface area contributed by atoms with Gasteiger partial charge < -0.3 is 19.5 Å². The summed E-state index contributed by atoms with van der Waals surface area (Å²) < 4.78 is 5.72. The molecular formula is C20H27Cl2N3O2. The van der Waals surface area contributed by atoms with Crippen molar-refractivity contribution < 1.29 is 9.21 Å². The van der Waals surface area contributed by atoms with Crippen LogP contribution in [0.1, 0.15) is 35.0 Å². The van der Waals surface area contributed by atoms with Crippen LogP contribution in [-0.4, -0.2) is 43.0 Å². The highest BCUT2D eigenvalue weighted by Crippen LogP contribution is 2.33. The molecule has 1 aromatic carbocycles. The predicted octanol–water partition coefficient (Wildman–Crippen LogP) is 3.51. The Kier molecular flexibility index (Phi) is 7.20. The van der Waals surface area contributed by atoms with Crippen LogP contribution in [0.3, 0.4) is 0 Å². The first-order valence-electron chi connectivity index (χ1n) is 9.04. The van der Waals surface area contributed by atoms with E-state index in [4.69, 9.17) is 4.42 Å². The van der Waals surface area contributed by atoms with E-state index >= 15 is 0 Å². The fourth-order valence-corrected chi connectivity index (χ4v) is 4.00. The molecule has 7 heteroatoms. The summed E-state index contributed by atoms with van der Waals surface area (Å²) in [5.74, 6) is 0.809. The maximum absolute atomic E-state index is 12.9. The molecule has 2 unspecified atom stereocenters. The van der Waals surface area contributed by atoms with E-state index in [0.29, 0.717) is 18.2 Å². The van der Waals surface area contributed by atoms with E-state index in [9.17, 15) is 4.79 Å². The fourth-order valence-electron chi connectivity index (χ4n) is 4.00. The standard InChI is InChI=1S/C20H25N3O2.2ClH/c1-14-11-15-5-3-4-6-18(15)23(14)13-19-17(8-10-25-19)20(24)22(2)16-7-9-21-12-16;;/h3-6,8,10,14,16,21H,7,9,11-13H2,1-2H3;2*1H. The Bertz CT molecular complexity index is 774. The average molecular weight is 412 g/mol. The summed E-state index contributed by atoms with van der Waals surface area (Å²) in [7, 11) is 1.89. The monoisotopic (exact) mass is 411 g/mol. The summed E-state index contributed by atoms with van der Waals surface area (Å²) in [5, 5.41) is 3.32. The minimum Gasteiger partial charge on any atom is -0.467 e.